The van der Waals surface area contributed by atoms with E-state index in [1.165, 1.54) is 20.0 Å². The molecule has 0 aromatic carbocycles. The van der Waals surface area contributed by atoms with Gasteiger partial charge in [0.15, 0.2) is 0 Å². The summed E-state index contributed by atoms with van der Waals surface area (Å²) in [6.45, 7) is 0. The minimum atomic E-state index is -0.211. The van der Waals surface area contributed by atoms with Crippen molar-refractivity contribution in [1.82, 2.24) is 5.32 Å². The second-order valence-corrected chi connectivity index (χ2v) is 4.18. The maximum Gasteiger partial charge on any atom is 0.305 e. The third-order valence-electron chi connectivity index (χ3n) is 3.07. The summed E-state index contributed by atoms with van der Waals surface area (Å²) in [4.78, 5) is 22.3. The van der Waals surface area contributed by atoms with Crippen molar-refractivity contribution in [2.45, 2.75) is 31.7 Å². The highest BCUT2D eigenvalue weighted by Gasteiger charge is 2.43. The summed E-state index contributed by atoms with van der Waals surface area (Å²) in [5, 5.41) is 2.95. The first-order chi connectivity index (χ1) is 6.70. The van der Waals surface area contributed by atoms with E-state index in [9.17, 15) is 9.59 Å². The molecule has 1 saturated heterocycles. The van der Waals surface area contributed by atoms with Crippen molar-refractivity contribution in [3.05, 3.63) is 0 Å². The Morgan fingerprint density at radius 2 is 2.29 bits per heavy atom. The topological polar surface area (TPSA) is 55.4 Å². The Labute approximate surface area is 83.0 Å². The second-order valence-electron chi connectivity index (χ2n) is 4.18. The monoisotopic (exact) mass is 197 g/mol. The fourth-order valence-electron chi connectivity index (χ4n) is 2.18. The summed E-state index contributed by atoms with van der Waals surface area (Å²) in [5.41, 5.74) is 0. The molecule has 4 heteroatoms. The first-order valence-electron chi connectivity index (χ1n) is 5.07. The van der Waals surface area contributed by atoms with Gasteiger partial charge in [0, 0.05) is 12.5 Å². The Bertz CT molecular complexity index is 260. The van der Waals surface area contributed by atoms with E-state index < -0.39 is 0 Å². The molecule has 1 aliphatic carbocycles. The number of methoxy groups -OCH3 is 1. The summed E-state index contributed by atoms with van der Waals surface area (Å²) in [6.07, 6.45) is 3.22. The molecule has 0 spiro atoms. The lowest BCUT2D eigenvalue weighted by molar-refractivity contribution is -0.141. The second kappa shape index (κ2) is 3.59. The molecule has 2 aliphatic rings. The fraction of sp³-hybridized carbons (Fsp3) is 0.800. The van der Waals surface area contributed by atoms with Crippen LogP contribution in [0.3, 0.4) is 0 Å². The van der Waals surface area contributed by atoms with Crippen LogP contribution in [-0.2, 0) is 14.3 Å². The molecule has 1 heterocycles. The van der Waals surface area contributed by atoms with Gasteiger partial charge in [0.05, 0.1) is 13.5 Å². The molecule has 78 valence electrons. The molecule has 1 amide bonds. The Morgan fingerprint density at radius 1 is 1.57 bits per heavy atom. The zero-order chi connectivity index (χ0) is 10.1. The zero-order valence-electron chi connectivity index (χ0n) is 8.29. The lowest BCUT2D eigenvalue weighted by atomic mass is 9.93. The highest BCUT2D eigenvalue weighted by atomic mass is 16.5. The van der Waals surface area contributed by atoms with Crippen molar-refractivity contribution >= 4 is 11.9 Å². The Hall–Kier alpha value is -1.06. The van der Waals surface area contributed by atoms with Gasteiger partial charge >= 0.3 is 5.97 Å². The van der Waals surface area contributed by atoms with Gasteiger partial charge < -0.3 is 10.1 Å². The highest BCUT2D eigenvalue weighted by Crippen LogP contribution is 2.40. The van der Waals surface area contributed by atoms with Crippen molar-refractivity contribution in [2.24, 2.45) is 11.8 Å². The van der Waals surface area contributed by atoms with E-state index in [0.717, 1.165) is 0 Å². The number of hydrogen-bond acceptors (Lipinski definition) is 3. The van der Waals surface area contributed by atoms with Gasteiger partial charge in [-0.1, -0.05) is 0 Å². The van der Waals surface area contributed by atoms with Crippen molar-refractivity contribution in [3.8, 4) is 0 Å². The first kappa shape index (κ1) is 9.49. The molecule has 1 aliphatic heterocycles. The average Bonchev–Trinajstić information content (AvgIpc) is 2.92. The number of amides is 1. The quantitative estimate of drug-likeness (QED) is 0.669. The average molecular weight is 197 g/mol. The Morgan fingerprint density at radius 3 is 2.86 bits per heavy atom. The number of rotatable bonds is 3. The molecule has 1 N–H and O–H groups in total. The lowest BCUT2D eigenvalue weighted by Gasteiger charge is -2.16. The zero-order valence-corrected chi connectivity index (χ0v) is 8.29. The molecular weight excluding hydrogens is 182 g/mol. The number of carbonyl (C=O) groups is 2. The molecule has 0 bridgehead atoms. The summed E-state index contributed by atoms with van der Waals surface area (Å²) < 4.78 is 4.62. The number of hydrogen-bond donors (Lipinski definition) is 1. The summed E-state index contributed by atoms with van der Waals surface area (Å²) in [7, 11) is 1.39. The van der Waals surface area contributed by atoms with Crippen LogP contribution in [0.15, 0.2) is 0 Å². The van der Waals surface area contributed by atoms with Crippen molar-refractivity contribution in [2.75, 3.05) is 7.11 Å². The smallest absolute Gasteiger partial charge is 0.305 e. The van der Waals surface area contributed by atoms with Gasteiger partial charge in [-0.3, -0.25) is 9.59 Å². The highest BCUT2D eigenvalue weighted by molar-refractivity contribution is 5.80. The summed E-state index contributed by atoms with van der Waals surface area (Å²) in [6, 6.07) is 0.224. The molecule has 2 rings (SSSR count). The van der Waals surface area contributed by atoms with Gasteiger partial charge in [-0.15, -0.1) is 0 Å². The van der Waals surface area contributed by atoms with Crippen LogP contribution >= 0.6 is 0 Å². The van der Waals surface area contributed by atoms with E-state index in [2.05, 4.69) is 10.1 Å². The largest absolute Gasteiger partial charge is 0.469 e. The van der Waals surface area contributed by atoms with Crippen LogP contribution in [0.25, 0.3) is 0 Å². The maximum absolute atomic E-state index is 11.2. The predicted octanol–water partition coefficient (Wildman–Crippen LogP) is 0.464. The number of ether oxygens (including phenoxy) is 1. The Balaban J connectivity index is 1.94. The van der Waals surface area contributed by atoms with Crippen molar-refractivity contribution in [1.29, 1.82) is 0 Å². The van der Waals surface area contributed by atoms with Crippen LogP contribution in [0.4, 0.5) is 0 Å². The fourth-order valence-corrected chi connectivity index (χ4v) is 2.18. The van der Waals surface area contributed by atoms with Crippen LogP contribution in [-0.4, -0.2) is 25.0 Å². The molecule has 14 heavy (non-hydrogen) atoms. The van der Waals surface area contributed by atoms with Gasteiger partial charge in [0.25, 0.3) is 0 Å². The lowest BCUT2D eigenvalue weighted by Crippen LogP contribution is -2.32. The predicted molar refractivity (Wildman–Crippen MR) is 49.4 cm³/mol. The Kier molecular flexibility index (Phi) is 2.44. The molecule has 2 fully saturated rings. The minimum Gasteiger partial charge on any atom is -0.469 e. The third kappa shape index (κ3) is 1.89. The van der Waals surface area contributed by atoms with Crippen molar-refractivity contribution < 1.29 is 14.3 Å². The minimum absolute atomic E-state index is 0.0794. The molecule has 0 unspecified atom stereocenters. The normalized spacial score (nSPS) is 31.4. The molecule has 2 atom stereocenters. The molecular formula is C10H15NO3. The van der Waals surface area contributed by atoms with Gasteiger partial charge in [-0.25, -0.2) is 0 Å². The van der Waals surface area contributed by atoms with Crippen LogP contribution in [0.2, 0.25) is 0 Å². The number of esters is 1. The number of nitrogens with one attached hydrogen (secondary N) is 1. The van der Waals surface area contributed by atoms with E-state index in [1.807, 2.05) is 0 Å². The van der Waals surface area contributed by atoms with Crippen LogP contribution in [0.1, 0.15) is 25.7 Å². The van der Waals surface area contributed by atoms with E-state index >= 15 is 0 Å². The van der Waals surface area contributed by atoms with E-state index in [1.54, 1.807) is 0 Å². The molecule has 1 saturated carbocycles. The summed E-state index contributed by atoms with van der Waals surface area (Å²) in [5.74, 6) is 0.631. The van der Waals surface area contributed by atoms with Crippen molar-refractivity contribution in [3.63, 3.8) is 0 Å². The maximum atomic E-state index is 11.2. The van der Waals surface area contributed by atoms with Gasteiger partial charge in [-0.05, 0) is 24.7 Å². The van der Waals surface area contributed by atoms with E-state index in [4.69, 9.17) is 0 Å². The molecule has 4 nitrogen and oxygen atoms in total. The van der Waals surface area contributed by atoms with Gasteiger partial charge in [-0.2, -0.15) is 0 Å². The van der Waals surface area contributed by atoms with Crippen LogP contribution < -0.4 is 5.32 Å². The van der Waals surface area contributed by atoms with Gasteiger partial charge in [0.1, 0.15) is 0 Å². The SMILES string of the molecule is COC(=O)C[C@H]1CC(=O)N[C@@H]1C1CC1. The van der Waals surface area contributed by atoms with E-state index in [-0.39, 0.29) is 23.8 Å². The standard InChI is InChI=1S/C10H15NO3/c1-14-9(13)5-7-4-8(12)11-10(7)6-2-3-6/h6-7,10H,2-5H2,1H3,(H,11,12)/t7-,10-/m1/s1. The molecule has 0 radical (unpaired) electrons. The third-order valence-corrected chi connectivity index (χ3v) is 3.07. The molecule has 0 aromatic rings. The summed E-state index contributed by atoms with van der Waals surface area (Å²) >= 11 is 0. The van der Waals surface area contributed by atoms with E-state index in [0.29, 0.717) is 18.8 Å². The van der Waals surface area contributed by atoms with Gasteiger partial charge in [0.2, 0.25) is 5.91 Å². The van der Waals surface area contributed by atoms with Crippen LogP contribution in [0.5, 0.6) is 0 Å². The molecule has 0 aromatic heterocycles. The first-order valence-corrected chi connectivity index (χ1v) is 5.07. The van der Waals surface area contributed by atoms with Crippen LogP contribution in [0, 0.1) is 11.8 Å². The number of carbonyl (C=O) groups excluding carboxylic acids is 2.